The molecule has 13 heteroatoms. The van der Waals surface area contributed by atoms with Crippen molar-refractivity contribution >= 4 is 91.5 Å². The molecule has 1 spiro atoms. The van der Waals surface area contributed by atoms with Crippen molar-refractivity contribution in [2.24, 2.45) is 0 Å². The Morgan fingerprint density at radius 2 is 1.60 bits per heavy atom. The molecule has 4 heterocycles. The molecule has 1 atom stereocenters. The van der Waals surface area contributed by atoms with Crippen LogP contribution in [0.25, 0.3) is 11.0 Å². The Kier molecular flexibility index (Phi) is 7.38. The highest BCUT2D eigenvalue weighted by Crippen LogP contribution is 2.55. The zero-order valence-corrected chi connectivity index (χ0v) is 27.8. The van der Waals surface area contributed by atoms with Gasteiger partial charge in [0.05, 0.1) is 23.2 Å². The second-order valence-corrected chi connectivity index (χ2v) is 14.4. The van der Waals surface area contributed by atoms with Crippen LogP contribution in [0.1, 0.15) is 32.8 Å². The van der Waals surface area contributed by atoms with E-state index in [1.54, 1.807) is 71.6 Å². The van der Waals surface area contributed by atoms with Gasteiger partial charge >= 0.3 is 0 Å². The molecule has 232 valence electrons. The normalized spacial score (nSPS) is 16.8. The Morgan fingerprint density at radius 1 is 0.851 bits per heavy atom. The fourth-order valence-electron chi connectivity index (χ4n) is 6.17. The molecule has 0 saturated carbocycles. The molecule has 8 nitrogen and oxygen atoms in total. The van der Waals surface area contributed by atoms with Crippen molar-refractivity contribution in [1.29, 1.82) is 0 Å². The Balaban J connectivity index is 1.30. The molecule has 8 rings (SSSR count). The van der Waals surface area contributed by atoms with E-state index in [9.17, 15) is 9.59 Å². The van der Waals surface area contributed by atoms with E-state index in [2.05, 4.69) is 10.2 Å². The second-order valence-electron chi connectivity index (χ2n) is 10.9. The molecule has 0 aliphatic carbocycles. The molecule has 0 radical (unpaired) electrons. The molecule has 2 amide bonds. The van der Waals surface area contributed by atoms with Gasteiger partial charge in [0.2, 0.25) is 10.9 Å². The lowest BCUT2D eigenvalue weighted by Gasteiger charge is -2.32. The molecular formula is C34H19Cl3N4O4S2. The number of anilines is 2. The molecule has 0 fully saturated rings. The Morgan fingerprint density at radius 3 is 2.40 bits per heavy atom. The predicted octanol–water partition coefficient (Wildman–Crippen LogP) is 8.35. The Bertz CT molecular complexity index is 2330. The molecular weight excluding hydrogens is 699 g/mol. The molecule has 4 aromatic carbocycles. The molecule has 0 bridgehead atoms. The highest BCUT2D eigenvalue weighted by atomic mass is 35.5. The first-order valence-electron chi connectivity index (χ1n) is 14.2. The molecule has 0 N–H and O–H groups in total. The zero-order valence-electron chi connectivity index (χ0n) is 23.9. The average Bonchev–Trinajstić information content (AvgIpc) is 3.71. The van der Waals surface area contributed by atoms with Crippen LogP contribution in [0.5, 0.6) is 0 Å². The van der Waals surface area contributed by atoms with E-state index in [1.807, 2.05) is 24.3 Å². The maximum Gasteiger partial charge on any atom is 0.297 e. The third-order valence-electron chi connectivity index (χ3n) is 8.24. The lowest BCUT2D eigenvalue weighted by atomic mass is 9.84. The van der Waals surface area contributed by atoms with Gasteiger partial charge in [-0.1, -0.05) is 106 Å². The number of hydrogen-bond donors (Lipinski definition) is 0. The van der Waals surface area contributed by atoms with Crippen molar-refractivity contribution in [1.82, 2.24) is 10.2 Å². The van der Waals surface area contributed by atoms with Crippen LogP contribution in [-0.2, 0) is 22.6 Å². The first kappa shape index (κ1) is 30.2. The van der Waals surface area contributed by atoms with Crippen molar-refractivity contribution in [3.05, 3.63) is 144 Å². The van der Waals surface area contributed by atoms with Crippen molar-refractivity contribution in [2.45, 2.75) is 22.2 Å². The molecule has 1 unspecified atom stereocenters. The van der Waals surface area contributed by atoms with E-state index < -0.39 is 22.8 Å². The van der Waals surface area contributed by atoms with Crippen LogP contribution in [0.15, 0.2) is 105 Å². The van der Waals surface area contributed by atoms with E-state index in [0.29, 0.717) is 36.4 Å². The summed E-state index contributed by atoms with van der Waals surface area (Å²) in [5.74, 6) is -0.887. The topological polar surface area (TPSA) is 96.6 Å². The minimum Gasteiger partial charge on any atom is -0.450 e. The molecule has 2 aliphatic rings. The van der Waals surface area contributed by atoms with Gasteiger partial charge < -0.3 is 9.32 Å². The third kappa shape index (κ3) is 4.69. The summed E-state index contributed by atoms with van der Waals surface area (Å²) in [5.41, 5.74) is 0.520. The molecule has 47 heavy (non-hydrogen) atoms. The van der Waals surface area contributed by atoms with Gasteiger partial charge in [0.15, 0.2) is 15.3 Å². The number of nitrogens with zero attached hydrogens (tertiary/aromatic N) is 4. The molecule has 2 aliphatic heterocycles. The summed E-state index contributed by atoms with van der Waals surface area (Å²) in [5, 5.41) is 10.8. The molecule has 2 aromatic heterocycles. The average molecular weight is 718 g/mol. The van der Waals surface area contributed by atoms with Gasteiger partial charge in [-0.25, -0.2) is 0 Å². The van der Waals surface area contributed by atoms with Gasteiger partial charge in [-0.15, -0.1) is 10.2 Å². The van der Waals surface area contributed by atoms with Gasteiger partial charge in [-0.2, -0.15) is 0 Å². The lowest BCUT2D eigenvalue weighted by molar-refractivity contribution is -0.121. The maximum absolute atomic E-state index is 15.1. The monoisotopic (exact) mass is 716 g/mol. The standard InChI is InChI=1S/C34H19Cl3N4O4S2/c35-20-12-9-18(10-13-20)16-40-25-7-3-2-6-23(25)34(31(40)44)27-28(42)22-5-1-4-8-26(22)45-29(27)30(43)41(34)32-38-39-33(47-32)46-17-19-11-14-21(36)15-24(19)37/h1-15H,16-17H2. The van der Waals surface area contributed by atoms with Crippen LogP contribution in [0.3, 0.4) is 0 Å². The Labute approximate surface area is 290 Å². The van der Waals surface area contributed by atoms with Gasteiger partial charge in [0, 0.05) is 26.4 Å². The summed E-state index contributed by atoms with van der Waals surface area (Å²) in [7, 11) is 0. The summed E-state index contributed by atoms with van der Waals surface area (Å²) in [6, 6.07) is 26.3. The number of aromatic nitrogens is 2. The van der Waals surface area contributed by atoms with E-state index in [1.165, 1.54) is 16.7 Å². The smallest absolute Gasteiger partial charge is 0.297 e. The van der Waals surface area contributed by atoms with Gasteiger partial charge in [0.1, 0.15) is 5.58 Å². The van der Waals surface area contributed by atoms with E-state index in [-0.39, 0.29) is 34.0 Å². The van der Waals surface area contributed by atoms with E-state index in [4.69, 9.17) is 39.2 Å². The van der Waals surface area contributed by atoms with Gasteiger partial charge in [-0.3, -0.25) is 19.3 Å². The summed E-state index contributed by atoms with van der Waals surface area (Å²) in [6.45, 7) is 0.171. The SMILES string of the molecule is O=C1c2oc3ccccc3c(=O)c2C2(C(=O)N(Cc3ccc(Cl)cc3)c3ccccc32)N1c1nnc(SCc2ccc(Cl)cc2Cl)s1. The number of carbonyl (C=O) groups is 2. The maximum atomic E-state index is 15.1. The molecule has 6 aromatic rings. The van der Waals surface area contributed by atoms with E-state index in [0.717, 1.165) is 22.5 Å². The number of rotatable bonds is 6. The fourth-order valence-corrected chi connectivity index (χ4v) is 8.75. The number of amides is 2. The van der Waals surface area contributed by atoms with Crippen LogP contribution in [0.4, 0.5) is 10.8 Å². The first-order valence-corrected chi connectivity index (χ1v) is 17.2. The Hall–Kier alpha value is -4.19. The second kappa shape index (κ2) is 11.5. The number of para-hydroxylation sites is 2. The van der Waals surface area contributed by atoms with Crippen molar-refractivity contribution < 1.29 is 14.0 Å². The van der Waals surface area contributed by atoms with Crippen LogP contribution in [0.2, 0.25) is 15.1 Å². The predicted molar refractivity (Wildman–Crippen MR) is 185 cm³/mol. The third-order valence-corrected chi connectivity index (χ3v) is 11.2. The number of halogens is 3. The highest BCUT2D eigenvalue weighted by molar-refractivity contribution is 8.00. The molecule has 0 saturated heterocycles. The van der Waals surface area contributed by atoms with Crippen molar-refractivity contribution in [3.8, 4) is 0 Å². The van der Waals surface area contributed by atoms with Gasteiger partial charge in [-0.05, 0) is 53.6 Å². The van der Waals surface area contributed by atoms with Crippen molar-refractivity contribution in [3.63, 3.8) is 0 Å². The number of benzene rings is 4. The van der Waals surface area contributed by atoms with Crippen LogP contribution >= 0.6 is 57.9 Å². The quantitative estimate of drug-likeness (QED) is 0.126. The van der Waals surface area contributed by atoms with Crippen LogP contribution < -0.4 is 15.2 Å². The minimum atomic E-state index is -1.89. The summed E-state index contributed by atoms with van der Waals surface area (Å²) in [6.07, 6.45) is 0. The number of fused-ring (bicyclic) bond motifs is 5. The summed E-state index contributed by atoms with van der Waals surface area (Å²) < 4.78 is 6.68. The lowest BCUT2D eigenvalue weighted by Crippen LogP contribution is -2.53. The zero-order chi connectivity index (χ0) is 32.4. The van der Waals surface area contributed by atoms with Crippen LogP contribution in [0, 0.1) is 0 Å². The minimum absolute atomic E-state index is 0.0467. The van der Waals surface area contributed by atoms with E-state index >= 15 is 4.79 Å². The number of thioether (sulfide) groups is 1. The van der Waals surface area contributed by atoms with Crippen molar-refractivity contribution in [2.75, 3.05) is 9.80 Å². The highest BCUT2D eigenvalue weighted by Gasteiger charge is 2.66. The first-order chi connectivity index (χ1) is 22.8. The summed E-state index contributed by atoms with van der Waals surface area (Å²) >= 11 is 21.1. The largest absolute Gasteiger partial charge is 0.450 e. The number of hydrogen-bond acceptors (Lipinski definition) is 8. The summed E-state index contributed by atoms with van der Waals surface area (Å²) in [4.78, 5) is 46.8. The fraction of sp³-hybridized carbons (Fsp3) is 0.0882. The number of carbonyl (C=O) groups excluding carboxylic acids is 2. The van der Waals surface area contributed by atoms with Crippen LogP contribution in [-0.4, -0.2) is 22.0 Å². The van der Waals surface area contributed by atoms with Gasteiger partial charge in [0.25, 0.3) is 11.8 Å².